The zero-order valence-electron chi connectivity index (χ0n) is 17.8. The number of halogens is 1. The lowest BCUT2D eigenvalue weighted by atomic mass is 9.97. The fourth-order valence-electron chi connectivity index (χ4n) is 3.47. The SMILES string of the molecule is CCCc1ccc(-c2ccccc2-c2ccc(OC(=O)C(C)(F)CCC)cc2)nc1. The van der Waals surface area contributed by atoms with E-state index < -0.39 is 11.6 Å². The Hall–Kier alpha value is -3.01. The maximum absolute atomic E-state index is 14.4. The number of hydrogen-bond acceptors (Lipinski definition) is 3. The molecule has 0 saturated carbocycles. The molecule has 0 aliphatic heterocycles. The second kappa shape index (κ2) is 9.66. The number of esters is 1. The molecule has 1 unspecified atom stereocenters. The highest BCUT2D eigenvalue weighted by Gasteiger charge is 2.34. The Bertz CT molecular complexity index is 979. The summed E-state index contributed by atoms with van der Waals surface area (Å²) in [6.07, 6.45) is 4.76. The first-order valence-corrected chi connectivity index (χ1v) is 10.5. The summed E-state index contributed by atoms with van der Waals surface area (Å²) in [5.41, 5.74) is 3.20. The number of benzene rings is 2. The summed E-state index contributed by atoms with van der Waals surface area (Å²) in [5.74, 6) is -0.517. The van der Waals surface area contributed by atoms with E-state index in [1.165, 1.54) is 12.5 Å². The van der Waals surface area contributed by atoms with E-state index in [1.54, 1.807) is 12.1 Å². The number of carbonyl (C=O) groups is 1. The van der Waals surface area contributed by atoms with Crippen LogP contribution in [0.3, 0.4) is 0 Å². The number of rotatable bonds is 8. The summed E-state index contributed by atoms with van der Waals surface area (Å²) in [6.45, 7) is 5.26. The Labute approximate surface area is 177 Å². The molecule has 2 aromatic carbocycles. The molecule has 1 atom stereocenters. The highest BCUT2D eigenvalue weighted by molar-refractivity contribution is 5.83. The second-order valence-electron chi connectivity index (χ2n) is 7.71. The highest BCUT2D eigenvalue weighted by Crippen LogP contribution is 2.32. The number of alkyl halides is 1. The van der Waals surface area contributed by atoms with Gasteiger partial charge in [0.05, 0.1) is 5.69 Å². The molecule has 0 amide bonds. The number of hydrogen-bond donors (Lipinski definition) is 0. The molecule has 3 rings (SSSR count). The summed E-state index contributed by atoms with van der Waals surface area (Å²) in [6, 6.07) is 19.4. The highest BCUT2D eigenvalue weighted by atomic mass is 19.1. The van der Waals surface area contributed by atoms with Crippen LogP contribution in [-0.4, -0.2) is 16.6 Å². The molecular formula is C26H28FNO2. The van der Waals surface area contributed by atoms with Crippen LogP contribution in [0.4, 0.5) is 4.39 Å². The van der Waals surface area contributed by atoms with E-state index in [0.717, 1.165) is 35.2 Å². The minimum Gasteiger partial charge on any atom is -0.424 e. The van der Waals surface area contributed by atoms with E-state index in [2.05, 4.69) is 24.0 Å². The van der Waals surface area contributed by atoms with E-state index in [1.807, 2.05) is 49.5 Å². The Morgan fingerprint density at radius 3 is 2.27 bits per heavy atom. The van der Waals surface area contributed by atoms with Gasteiger partial charge >= 0.3 is 5.97 Å². The smallest absolute Gasteiger partial charge is 0.348 e. The second-order valence-corrected chi connectivity index (χ2v) is 7.71. The predicted molar refractivity (Wildman–Crippen MR) is 119 cm³/mol. The van der Waals surface area contributed by atoms with Crippen LogP contribution in [0, 0.1) is 0 Å². The molecule has 30 heavy (non-hydrogen) atoms. The van der Waals surface area contributed by atoms with Gasteiger partial charge in [0.2, 0.25) is 5.67 Å². The largest absolute Gasteiger partial charge is 0.424 e. The Kier molecular flexibility index (Phi) is 6.99. The summed E-state index contributed by atoms with van der Waals surface area (Å²) in [7, 11) is 0. The molecule has 0 radical (unpaired) electrons. The summed E-state index contributed by atoms with van der Waals surface area (Å²) >= 11 is 0. The van der Waals surface area contributed by atoms with Gasteiger partial charge in [0.1, 0.15) is 5.75 Å². The standard InChI is InChI=1S/C26H28FNO2/c1-4-8-19-11-16-24(28-18-19)23-10-7-6-9-22(23)20-12-14-21(15-13-20)30-25(29)26(3,27)17-5-2/h6-7,9-16,18H,4-5,8,17H2,1-3H3. The Morgan fingerprint density at radius 1 is 0.967 bits per heavy atom. The number of nitrogens with zero attached hydrogens (tertiary/aromatic N) is 1. The summed E-state index contributed by atoms with van der Waals surface area (Å²) in [5, 5.41) is 0. The van der Waals surface area contributed by atoms with Crippen molar-refractivity contribution in [2.75, 3.05) is 0 Å². The van der Waals surface area contributed by atoms with Crippen molar-refractivity contribution in [2.45, 2.75) is 52.1 Å². The predicted octanol–water partition coefficient (Wildman–Crippen LogP) is 6.80. The van der Waals surface area contributed by atoms with Crippen molar-refractivity contribution in [3.63, 3.8) is 0 Å². The van der Waals surface area contributed by atoms with Crippen molar-refractivity contribution in [1.29, 1.82) is 0 Å². The summed E-state index contributed by atoms with van der Waals surface area (Å²) < 4.78 is 19.6. The number of aromatic nitrogens is 1. The third-order valence-corrected chi connectivity index (χ3v) is 5.09. The minimum absolute atomic E-state index is 0.140. The van der Waals surface area contributed by atoms with Gasteiger partial charge < -0.3 is 4.74 Å². The average Bonchev–Trinajstić information content (AvgIpc) is 2.75. The molecule has 156 valence electrons. The number of ether oxygens (including phenoxy) is 1. The molecule has 0 aliphatic carbocycles. The van der Waals surface area contributed by atoms with Gasteiger partial charge in [0.25, 0.3) is 0 Å². The van der Waals surface area contributed by atoms with Crippen LogP contribution in [0.25, 0.3) is 22.4 Å². The normalized spacial score (nSPS) is 12.9. The maximum atomic E-state index is 14.4. The molecule has 0 aliphatic rings. The first-order chi connectivity index (χ1) is 14.4. The fraction of sp³-hybridized carbons (Fsp3) is 0.308. The minimum atomic E-state index is -1.98. The first kappa shape index (κ1) is 21.7. The van der Waals surface area contributed by atoms with Crippen LogP contribution in [-0.2, 0) is 11.2 Å². The van der Waals surface area contributed by atoms with Crippen molar-refractivity contribution in [3.8, 4) is 28.1 Å². The molecule has 1 heterocycles. The van der Waals surface area contributed by atoms with Crippen LogP contribution >= 0.6 is 0 Å². The quantitative estimate of drug-likeness (QED) is 0.305. The number of carbonyl (C=O) groups excluding carboxylic acids is 1. The number of aryl methyl sites for hydroxylation is 1. The van der Waals surface area contributed by atoms with Crippen LogP contribution in [0.1, 0.15) is 45.6 Å². The molecular weight excluding hydrogens is 377 g/mol. The molecule has 3 nitrogen and oxygen atoms in total. The van der Waals surface area contributed by atoms with Crippen molar-refractivity contribution in [2.24, 2.45) is 0 Å². The van der Waals surface area contributed by atoms with Gasteiger partial charge in [-0.2, -0.15) is 0 Å². The van der Waals surface area contributed by atoms with Gasteiger partial charge in [0.15, 0.2) is 0 Å². The van der Waals surface area contributed by atoms with Crippen LogP contribution < -0.4 is 4.74 Å². The van der Waals surface area contributed by atoms with Gasteiger partial charge in [-0.15, -0.1) is 0 Å². The number of pyridine rings is 1. The Balaban J connectivity index is 1.83. The first-order valence-electron chi connectivity index (χ1n) is 10.5. The third kappa shape index (κ3) is 5.12. The third-order valence-electron chi connectivity index (χ3n) is 5.09. The maximum Gasteiger partial charge on any atom is 0.348 e. The molecule has 0 saturated heterocycles. The lowest BCUT2D eigenvalue weighted by molar-refractivity contribution is -0.147. The molecule has 0 fully saturated rings. The van der Waals surface area contributed by atoms with Gasteiger partial charge in [0, 0.05) is 11.8 Å². The van der Waals surface area contributed by atoms with Crippen molar-refractivity contribution in [1.82, 2.24) is 4.98 Å². The molecule has 0 spiro atoms. The van der Waals surface area contributed by atoms with Gasteiger partial charge in [-0.25, -0.2) is 9.18 Å². The average molecular weight is 406 g/mol. The molecule has 4 heteroatoms. The summed E-state index contributed by atoms with van der Waals surface area (Å²) in [4.78, 5) is 16.7. The van der Waals surface area contributed by atoms with E-state index in [-0.39, 0.29) is 6.42 Å². The van der Waals surface area contributed by atoms with E-state index in [0.29, 0.717) is 12.2 Å². The topological polar surface area (TPSA) is 39.2 Å². The van der Waals surface area contributed by atoms with Crippen molar-refractivity contribution in [3.05, 3.63) is 72.4 Å². The van der Waals surface area contributed by atoms with Crippen LogP contribution in [0.15, 0.2) is 66.9 Å². The van der Waals surface area contributed by atoms with E-state index >= 15 is 0 Å². The Morgan fingerprint density at radius 2 is 1.67 bits per heavy atom. The molecule has 1 aromatic heterocycles. The molecule has 3 aromatic rings. The lowest BCUT2D eigenvalue weighted by Gasteiger charge is -2.17. The fourth-order valence-corrected chi connectivity index (χ4v) is 3.47. The van der Waals surface area contributed by atoms with Gasteiger partial charge in [-0.1, -0.05) is 69.2 Å². The van der Waals surface area contributed by atoms with Crippen LogP contribution in [0.2, 0.25) is 0 Å². The zero-order valence-corrected chi connectivity index (χ0v) is 17.8. The molecule has 0 bridgehead atoms. The monoisotopic (exact) mass is 405 g/mol. The van der Waals surface area contributed by atoms with Gasteiger partial charge in [-0.05, 0) is 54.7 Å². The van der Waals surface area contributed by atoms with E-state index in [9.17, 15) is 9.18 Å². The molecule has 0 N–H and O–H groups in total. The van der Waals surface area contributed by atoms with Crippen molar-refractivity contribution < 1.29 is 13.9 Å². The van der Waals surface area contributed by atoms with Crippen LogP contribution in [0.5, 0.6) is 5.75 Å². The van der Waals surface area contributed by atoms with Gasteiger partial charge in [-0.3, -0.25) is 4.98 Å². The van der Waals surface area contributed by atoms with E-state index in [4.69, 9.17) is 4.74 Å². The zero-order chi connectivity index (χ0) is 21.6. The van der Waals surface area contributed by atoms with Crippen molar-refractivity contribution >= 4 is 5.97 Å². The lowest BCUT2D eigenvalue weighted by Crippen LogP contribution is -2.34.